The Morgan fingerprint density at radius 1 is 1.50 bits per heavy atom. The highest BCUT2D eigenvalue weighted by Gasteiger charge is 2.22. The molecule has 0 amide bonds. The lowest BCUT2D eigenvalue weighted by atomic mass is 9.95. The van der Waals surface area contributed by atoms with Crippen LogP contribution in [0.4, 0.5) is 0 Å². The highest BCUT2D eigenvalue weighted by molar-refractivity contribution is 4.88. The zero-order chi connectivity index (χ0) is 10.6. The smallest absolute Gasteiger partial charge is 0.0940 e. The lowest BCUT2D eigenvalue weighted by Gasteiger charge is -2.36. The maximum Gasteiger partial charge on any atom is 0.0940 e. The van der Waals surface area contributed by atoms with Crippen molar-refractivity contribution in [2.45, 2.75) is 45.2 Å². The lowest BCUT2D eigenvalue weighted by Crippen LogP contribution is -2.42. The fourth-order valence-electron chi connectivity index (χ4n) is 2.06. The first kappa shape index (κ1) is 11.5. The molecule has 14 heavy (non-hydrogen) atoms. The topological polar surface area (TPSA) is 53.0 Å². The van der Waals surface area contributed by atoms with E-state index in [0.717, 1.165) is 18.9 Å². The maximum absolute atomic E-state index is 8.59. The van der Waals surface area contributed by atoms with Gasteiger partial charge in [0.25, 0.3) is 0 Å². The van der Waals surface area contributed by atoms with E-state index in [1.54, 1.807) is 0 Å². The predicted octanol–water partition coefficient (Wildman–Crippen LogP) is 1.35. The molecule has 0 aromatic heterocycles. The summed E-state index contributed by atoms with van der Waals surface area (Å²) in [7, 11) is 0. The molecule has 3 nitrogen and oxygen atoms in total. The van der Waals surface area contributed by atoms with Crippen molar-refractivity contribution in [2.24, 2.45) is 11.7 Å². The van der Waals surface area contributed by atoms with Gasteiger partial charge >= 0.3 is 0 Å². The summed E-state index contributed by atoms with van der Waals surface area (Å²) in [5, 5.41) is 8.59. The highest BCUT2D eigenvalue weighted by atomic mass is 15.2. The SMILES string of the molecule is CC1CCC(C)N(CCC(N)C#N)C1. The van der Waals surface area contributed by atoms with Gasteiger partial charge in [0.1, 0.15) is 0 Å². The molecule has 0 aromatic carbocycles. The molecule has 1 saturated heterocycles. The number of likely N-dealkylation sites (tertiary alicyclic amines) is 1. The van der Waals surface area contributed by atoms with E-state index in [4.69, 9.17) is 11.0 Å². The van der Waals surface area contributed by atoms with E-state index in [-0.39, 0.29) is 6.04 Å². The van der Waals surface area contributed by atoms with Crippen molar-refractivity contribution in [3.8, 4) is 6.07 Å². The molecule has 1 aliphatic rings. The zero-order valence-electron chi connectivity index (χ0n) is 9.24. The van der Waals surface area contributed by atoms with E-state index in [0.29, 0.717) is 6.04 Å². The Labute approximate surface area is 86.9 Å². The summed E-state index contributed by atoms with van der Waals surface area (Å²) in [6.07, 6.45) is 3.42. The average molecular weight is 195 g/mol. The van der Waals surface area contributed by atoms with E-state index in [1.807, 2.05) is 0 Å². The predicted molar refractivity (Wildman–Crippen MR) is 57.6 cm³/mol. The van der Waals surface area contributed by atoms with Crippen molar-refractivity contribution in [3.05, 3.63) is 0 Å². The van der Waals surface area contributed by atoms with Crippen LogP contribution in [0.25, 0.3) is 0 Å². The fraction of sp³-hybridized carbons (Fsp3) is 0.909. The third kappa shape index (κ3) is 3.28. The van der Waals surface area contributed by atoms with Crippen LogP contribution in [0.1, 0.15) is 33.1 Å². The average Bonchev–Trinajstić information content (AvgIpc) is 2.19. The highest BCUT2D eigenvalue weighted by Crippen LogP contribution is 2.21. The first-order valence-corrected chi connectivity index (χ1v) is 5.52. The summed E-state index contributed by atoms with van der Waals surface area (Å²) < 4.78 is 0. The van der Waals surface area contributed by atoms with Crippen molar-refractivity contribution in [3.63, 3.8) is 0 Å². The van der Waals surface area contributed by atoms with Crippen LogP contribution >= 0.6 is 0 Å². The van der Waals surface area contributed by atoms with E-state index in [9.17, 15) is 0 Å². The van der Waals surface area contributed by atoms with Gasteiger partial charge in [-0.25, -0.2) is 0 Å². The van der Waals surface area contributed by atoms with Crippen LogP contribution in [0.5, 0.6) is 0 Å². The largest absolute Gasteiger partial charge is 0.316 e. The molecule has 0 aromatic rings. The molecule has 1 fully saturated rings. The van der Waals surface area contributed by atoms with Gasteiger partial charge in [0.05, 0.1) is 12.1 Å². The number of nitriles is 1. The van der Waals surface area contributed by atoms with Crippen molar-refractivity contribution in [1.82, 2.24) is 4.90 Å². The van der Waals surface area contributed by atoms with Gasteiger partial charge in [-0.3, -0.25) is 0 Å². The van der Waals surface area contributed by atoms with Gasteiger partial charge in [0.2, 0.25) is 0 Å². The first-order valence-electron chi connectivity index (χ1n) is 5.52. The molecule has 0 radical (unpaired) electrons. The third-order valence-corrected chi connectivity index (χ3v) is 3.14. The second kappa shape index (κ2) is 5.33. The third-order valence-electron chi connectivity index (χ3n) is 3.14. The zero-order valence-corrected chi connectivity index (χ0v) is 9.24. The molecule has 0 spiro atoms. The molecule has 3 unspecified atom stereocenters. The Kier molecular flexibility index (Phi) is 4.37. The van der Waals surface area contributed by atoms with Gasteiger partial charge < -0.3 is 10.6 Å². The number of nitrogens with two attached hydrogens (primary N) is 1. The number of rotatable bonds is 3. The van der Waals surface area contributed by atoms with E-state index in [2.05, 4.69) is 24.8 Å². The standard InChI is InChI=1S/C11H21N3/c1-9-3-4-10(2)14(8-9)6-5-11(13)7-12/h9-11H,3-6,8,13H2,1-2H3. The van der Waals surface area contributed by atoms with E-state index < -0.39 is 0 Å². The Morgan fingerprint density at radius 3 is 2.86 bits per heavy atom. The van der Waals surface area contributed by atoms with Crippen LogP contribution in [0.15, 0.2) is 0 Å². The van der Waals surface area contributed by atoms with Crippen molar-refractivity contribution in [1.29, 1.82) is 5.26 Å². The summed E-state index contributed by atoms with van der Waals surface area (Å²) in [5.41, 5.74) is 5.58. The normalized spacial score (nSPS) is 31.0. The molecule has 0 aliphatic carbocycles. The van der Waals surface area contributed by atoms with Crippen molar-refractivity contribution < 1.29 is 0 Å². The molecular formula is C11H21N3. The molecule has 3 heteroatoms. The summed E-state index contributed by atoms with van der Waals surface area (Å²) in [5.74, 6) is 0.796. The Balaban J connectivity index is 2.31. The number of hydrogen-bond acceptors (Lipinski definition) is 3. The molecular weight excluding hydrogens is 174 g/mol. The monoisotopic (exact) mass is 195 g/mol. The van der Waals surface area contributed by atoms with Gasteiger partial charge in [-0.2, -0.15) is 5.26 Å². The molecule has 1 heterocycles. The molecule has 1 aliphatic heterocycles. The van der Waals surface area contributed by atoms with Crippen molar-refractivity contribution >= 4 is 0 Å². The van der Waals surface area contributed by atoms with Crippen LogP contribution in [-0.2, 0) is 0 Å². The quantitative estimate of drug-likeness (QED) is 0.739. The molecule has 0 saturated carbocycles. The van der Waals surface area contributed by atoms with E-state index in [1.165, 1.54) is 19.4 Å². The molecule has 1 rings (SSSR count). The summed E-state index contributed by atoms with van der Waals surface area (Å²) in [6.45, 7) is 6.70. The summed E-state index contributed by atoms with van der Waals surface area (Å²) >= 11 is 0. The van der Waals surface area contributed by atoms with Gasteiger partial charge in [-0.15, -0.1) is 0 Å². The van der Waals surface area contributed by atoms with Crippen LogP contribution in [0, 0.1) is 17.2 Å². The summed E-state index contributed by atoms with van der Waals surface area (Å²) in [6, 6.07) is 2.45. The van der Waals surface area contributed by atoms with Crippen LogP contribution < -0.4 is 5.73 Å². The Morgan fingerprint density at radius 2 is 2.21 bits per heavy atom. The van der Waals surface area contributed by atoms with Crippen molar-refractivity contribution in [2.75, 3.05) is 13.1 Å². The molecule has 0 bridgehead atoms. The van der Waals surface area contributed by atoms with Gasteiger partial charge in [0, 0.05) is 19.1 Å². The molecule has 3 atom stereocenters. The number of nitrogens with zero attached hydrogens (tertiary/aromatic N) is 2. The summed E-state index contributed by atoms with van der Waals surface area (Å²) in [4.78, 5) is 2.46. The Hall–Kier alpha value is -0.590. The maximum atomic E-state index is 8.59. The van der Waals surface area contributed by atoms with E-state index >= 15 is 0 Å². The fourth-order valence-corrected chi connectivity index (χ4v) is 2.06. The number of hydrogen-bond donors (Lipinski definition) is 1. The van der Waals surface area contributed by atoms with Gasteiger partial charge in [-0.1, -0.05) is 6.92 Å². The van der Waals surface area contributed by atoms with Gasteiger partial charge in [-0.05, 0) is 32.1 Å². The van der Waals surface area contributed by atoms with Crippen LogP contribution in [0.2, 0.25) is 0 Å². The second-order valence-corrected chi connectivity index (χ2v) is 4.55. The minimum absolute atomic E-state index is 0.292. The second-order valence-electron chi connectivity index (χ2n) is 4.55. The van der Waals surface area contributed by atoms with Crippen LogP contribution in [0.3, 0.4) is 0 Å². The van der Waals surface area contributed by atoms with Crippen LogP contribution in [-0.4, -0.2) is 30.1 Å². The minimum atomic E-state index is -0.292. The van der Waals surface area contributed by atoms with Gasteiger partial charge in [0.15, 0.2) is 0 Å². The minimum Gasteiger partial charge on any atom is -0.316 e. The molecule has 80 valence electrons. The number of piperidine rings is 1. The first-order chi connectivity index (χ1) is 6.63. The molecule has 2 N–H and O–H groups in total. The lowest BCUT2D eigenvalue weighted by molar-refractivity contribution is 0.122. The Bertz CT molecular complexity index is 209.